The summed E-state index contributed by atoms with van der Waals surface area (Å²) in [7, 11) is 0. The molecular formula is C24H29F3N2O2. The van der Waals surface area contributed by atoms with Gasteiger partial charge in [-0.25, -0.2) is 0 Å². The first-order chi connectivity index (χ1) is 14.6. The molecule has 4 rings (SSSR count). The van der Waals surface area contributed by atoms with E-state index in [4.69, 9.17) is 0 Å². The molecule has 0 unspecified atom stereocenters. The van der Waals surface area contributed by atoms with Gasteiger partial charge in [0, 0.05) is 24.1 Å². The van der Waals surface area contributed by atoms with Crippen LogP contribution < -0.4 is 0 Å². The van der Waals surface area contributed by atoms with Gasteiger partial charge in [0.25, 0.3) is 5.91 Å². The van der Waals surface area contributed by atoms with Gasteiger partial charge >= 0.3 is 6.18 Å². The highest BCUT2D eigenvalue weighted by atomic mass is 19.4. The van der Waals surface area contributed by atoms with Crippen molar-refractivity contribution in [2.24, 2.45) is 11.3 Å². The Morgan fingerprint density at radius 1 is 1.10 bits per heavy atom. The number of hydrogen-bond donors (Lipinski definition) is 1. The number of nitriles is 1. The van der Waals surface area contributed by atoms with Gasteiger partial charge in [0.2, 0.25) is 0 Å². The van der Waals surface area contributed by atoms with Gasteiger partial charge in [0.1, 0.15) is 0 Å². The van der Waals surface area contributed by atoms with Gasteiger partial charge in [0.15, 0.2) is 5.60 Å². The smallest absolute Gasteiger partial charge is 0.376 e. The Kier molecular flexibility index (Phi) is 5.58. The third kappa shape index (κ3) is 4.19. The van der Waals surface area contributed by atoms with Gasteiger partial charge < -0.3 is 10.0 Å². The summed E-state index contributed by atoms with van der Waals surface area (Å²) in [5.41, 5.74) is -2.78. The molecular weight excluding hydrogens is 405 g/mol. The van der Waals surface area contributed by atoms with Crippen molar-refractivity contribution in [1.29, 1.82) is 5.26 Å². The molecule has 0 radical (unpaired) electrons. The third-order valence-corrected chi connectivity index (χ3v) is 7.64. The van der Waals surface area contributed by atoms with Gasteiger partial charge in [-0.15, -0.1) is 0 Å². The van der Waals surface area contributed by atoms with Crippen molar-refractivity contribution < 1.29 is 23.1 Å². The first-order valence-corrected chi connectivity index (χ1v) is 11.2. The number of hydrogen-bond acceptors (Lipinski definition) is 3. The average molecular weight is 435 g/mol. The number of aliphatic hydroxyl groups is 1. The number of amides is 1. The zero-order valence-corrected chi connectivity index (χ0v) is 17.8. The van der Waals surface area contributed by atoms with E-state index in [0.29, 0.717) is 17.9 Å². The van der Waals surface area contributed by atoms with E-state index in [-0.39, 0.29) is 29.0 Å². The molecule has 1 amide bonds. The van der Waals surface area contributed by atoms with Gasteiger partial charge in [0.05, 0.1) is 6.07 Å². The SMILES string of the molecule is C[C@](O)(c1ccc(C(=O)N(C2CC2)[C@H]2CC[C@@](CC#N)(C3CC3)CC2)cc1)C(F)(F)F. The molecule has 1 atom stereocenters. The van der Waals surface area contributed by atoms with E-state index >= 15 is 0 Å². The second-order valence-corrected chi connectivity index (χ2v) is 9.79. The number of carbonyl (C=O) groups excluding carboxylic acids is 1. The van der Waals surface area contributed by atoms with E-state index in [1.54, 1.807) is 0 Å². The Balaban J connectivity index is 1.48. The number of nitrogens with zero attached hydrogens (tertiary/aromatic N) is 2. The summed E-state index contributed by atoms with van der Waals surface area (Å²) in [5.74, 6) is 0.497. The van der Waals surface area contributed by atoms with Gasteiger partial charge in [-0.3, -0.25) is 4.79 Å². The number of carbonyl (C=O) groups is 1. The molecule has 3 fully saturated rings. The topological polar surface area (TPSA) is 64.3 Å². The largest absolute Gasteiger partial charge is 0.421 e. The number of benzene rings is 1. The zero-order valence-electron chi connectivity index (χ0n) is 17.8. The van der Waals surface area contributed by atoms with Crippen molar-refractivity contribution in [2.75, 3.05) is 0 Å². The Labute approximate surface area is 181 Å². The van der Waals surface area contributed by atoms with Crippen LogP contribution in [0.5, 0.6) is 0 Å². The lowest BCUT2D eigenvalue weighted by Gasteiger charge is -2.43. The molecule has 3 aliphatic rings. The number of alkyl halides is 3. The lowest BCUT2D eigenvalue weighted by atomic mass is 9.67. The molecule has 4 nitrogen and oxygen atoms in total. The van der Waals surface area contributed by atoms with Crippen molar-refractivity contribution in [2.45, 2.75) is 88.6 Å². The lowest BCUT2D eigenvalue weighted by Crippen LogP contribution is -2.46. The summed E-state index contributed by atoms with van der Waals surface area (Å²) in [6.45, 7) is 0.718. The summed E-state index contributed by atoms with van der Waals surface area (Å²) in [6.07, 6.45) is 3.77. The summed E-state index contributed by atoms with van der Waals surface area (Å²) in [6, 6.07) is 7.85. The van der Waals surface area contributed by atoms with Crippen molar-refractivity contribution in [3.05, 3.63) is 35.4 Å². The van der Waals surface area contributed by atoms with E-state index in [1.165, 1.54) is 37.1 Å². The molecule has 0 saturated heterocycles. The first kappa shape index (κ1) is 22.1. The molecule has 31 heavy (non-hydrogen) atoms. The number of rotatable bonds is 6. The first-order valence-electron chi connectivity index (χ1n) is 11.2. The number of halogens is 3. The average Bonchev–Trinajstić information content (AvgIpc) is 3.62. The standard InChI is InChI=1S/C24H29F3N2O2/c1-22(31,24(25,26)27)17-4-2-16(3-5-17)21(30)29(19-8-9-19)20-10-12-23(13-11-20,14-15-28)18-6-7-18/h2-5,18-20,31H,6-14H2,1H3/t20-,22-,23+/m0/s1. The molecule has 0 spiro atoms. The van der Waals surface area contributed by atoms with Crippen LogP contribution in [-0.4, -0.2) is 34.2 Å². The van der Waals surface area contributed by atoms with Crippen LogP contribution in [0.2, 0.25) is 0 Å². The molecule has 1 aromatic carbocycles. The Bertz CT molecular complexity index is 856. The summed E-state index contributed by atoms with van der Waals surface area (Å²) >= 11 is 0. The molecule has 1 N–H and O–H groups in total. The van der Waals surface area contributed by atoms with E-state index in [0.717, 1.165) is 45.4 Å². The minimum Gasteiger partial charge on any atom is -0.376 e. The van der Waals surface area contributed by atoms with Crippen LogP contribution in [0, 0.1) is 22.7 Å². The van der Waals surface area contributed by atoms with Crippen LogP contribution in [0.1, 0.15) is 80.6 Å². The fourth-order valence-corrected chi connectivity index (χ4v) is 5.27. The van der Waals surface area contributed by atoms with Gasteiger partial charge in [-0.05, 0) is 87.3 Å². The monoisotopic (exact) mass is 434 g/mol. The lowest BCUT2D eigenvalue weighted by molar-refractivity contribution is -0.258. The maximum atomic E-state index is 13.3. The molecule has 3 aliphatic carbocycles. The second kappa shape index (κ2) is 7.81. The molecule has 1 aromatic rings. The van der Waals surface area contributed by atoms with Crippen LogP contribution in [0.3, 0.4) is 0 Å². The van der Waals surface area contributed by atoms with E-state index in [9.17, 15) is 28.3 Å². The molecule has 0 heterocycles. The highest BCUT2D eigenvalue weighted by Crippen LogP contribution is 2.56. The van der Waals surface area contributed by atoms with Crippen LogP contribution in [0.25, 0.3) is 0 Å². The molecule has 0 aliphatic heterocycles. The fraction of sp³-hybridized carbons (Fsp3) is 0.667. The minimum atomic E-state index is -4.79. The van der Waals surface area contributed by atoms with Crippen molar-refractivity contribution in [3.63, 3.8) is 0 Å². The van der Waals surface area contributed by atoms with E-state index in [1.807, 2.05) is 4.90 Å². The summed E-state index contributed by atoms with van der Waals surface area (Å²) in [4.78, 5) is 15.3. The van der Waals surface area contributed by atoms with Crippen LogP contribution in [-0.2, 0) is 5.60 Å². The van der Waals surface area contributed by atoms with Gasteiger partial charge in [-0.2, -0.15) is 18.4 Å². The van der Waals surface area contributed by atoms with E-state index < -0.39 is 11.8 Å². The maximum Gasteiger partial charge on any atom is 0.421 e. The predicted octanol–water partition coefficient (Wildman–Crippen LogP) is 5.31. The summed E-state index contributed by atoms with van der Waals surface area (Å²) in [5, 5.41) is 19.2. The Morgan fingerprint density at radius 3 is 2.10 bits per heavy atom. The molecule has 3 saturated carbocycles. The Hall–Kier alpha value is -2.07. The maximum absolute atomic E-state index is 13.3. The Morgan fingerprint density at radius 2 is 1.65 bits per heavy atom. The summed E-state index contributed by atoms with van der Waals surface area (Å²) < 4.78 is 39.3. The van der Waals surface area contributed by atoms with Crippen LogP contribution in [0.4, 0.5) is 13.2 Å². The molecule has 0 bridgehead atoms. The van der Waals surface area contributed by atoms with E-state index in [2.05, 4.69) is 6.07 Å². The fourth-order valence-electron chi connectivity index (χ4n) is 5.27. The third-order valence-electron chi connectivity index (χ3n) is 7.64. The highest BCUT2D eigenvalue weighted by molar-refractivity contribution is 5.95. The zero-order chi connectivity index (χ0) is 22.4. The van der Waals surface area contributed by atoms with Crippen LogP contribution >= 0.6 is 0 Å². The second-order valence-electron chi connectivity index (χ2n) is 9.79. The molecule has 0 aromatic heterocycles. The predicted molar refractivity (Wildman–Crippen MR) is 109 cm³/mol. The normalized spacial score (nSPS) is 28.5. The molecule has 7 heteroatoms. The van der Waals surface area contributed by atoms with Crippen molar-refractivity contribution in [1.82, 2.24) is 4.90 Å². The molecule has 168 valence electrons. The van der Waals surface area contributed by atoms with Gasteiger partial charge in [-0.1, -0.05) is 12.1 Å². The van der Waals surface area contributed by atoms with Crippen LogP contribution in [0.15, 0.2) is 24.3 Å². The highest BCUT2D eigenvalue weighted by Gasteiger charge is 2.51. The van der Waals surface area contributed by atoms with Crippen molar-refractivity contribution >= 4 is 5.91 Å². The van der Waals surface area contributed by atoms with Crippen molar-refractivity contribution in [3.8, 4) is 6.07 Å². The minimum absolute atomic E-state index is 0.106. The quantitative estimate of drug-likeness (QED) is 0.660.